The van der Waals surface area contributed by atoms with E-state index in [0.29, 0.717) is 17.4 Å². The number of fused-ring (bicyclic) bond motifs is 4. The molecule has 0 spiro atoms. The SMILES string of the molecule is CC(C)c1cc(C(C)C)c(Oc2ccnc(-n3c4[c-]c(Oc5[c-]c(N6[CH-]N(c7cc(C(C)(C)C)cc(C(C)(C)C)c7)c7ccccc76)ccc5)ccc4c4ccccc43)c2)c(C(C)(C)C)c1.[Pt]. The zero-order valence-electron chi connectivity index (χ0n) is 41.3. The van der Waals surface area contributed by atoms with Gasteiger partial charge >= 0.3 is 0 Å². The Labute approximate surface area is 413 Å². The fraction of sp³-hybridized carbons (Fsp3) is 0.300. The first-order valence-electron chi connectivity index (χ1n) is 23.4. The Morgan fingerprint density at radius 3 is 1.90 bits per heavy atom. The van der Waals surface area contributed by atoms with E-state index in [9.17, 15) is 0 Å². The minimum atomic E-state index is -0.123. The number of rotatable bonds is 9. The van der Waals surface area contributed by atoms with E-state index in [0.717, 1.165) is 61.9 Å². The average molecular weight is 1070 g/mol. The zero-order chi connectivity index (χ0) is 46.9. The summed E-state index contributed by atoms with van der Waals surface area (Å²) < 4.78 is 15.8. The van der Waals surface area contributed by atoms with Crippen LogP contribution in [0.3, 0.4) is 0 Å². The van der Waals surface area contributed by atoms with Gasteiger partial charge in [-0.15, -0.1) is 48.1 Å². The number of hydrogen-bond acceptors (Lipinski definition) is 5. The number of para-hydroxylation sites is 3. The van der Waals surface area contributed by atoms with Crippen LogP contribution in [-0.2, 0) is 37.3 Å². The van der Waals surface area contributed by atoms with Gasteiger partial charge in [0.2, 0.25) is 0 Å². The largest absolute Gasteiger partial charge is 0.509 e. The third kappa shape index (κ3) is 9.40. The van der Waals surface area contributed by atoms with Gasteiger partial charge in [-0.25, -0.2) is 4.98 Å². The van der Waals surface area contributed by atoms with E-state index in [1.165, 1.54) is 27.8 Å². The smallest absolute Gasteiger partial charge is 0.139 e. The summed E-state index contributed by atoms with van der Waals surface area (Å²) in [5, 5.41) is 2.16. The van der Waals surface area contributed by atoms with E-state index in [2.05, 4.69) is 214 Å². The molecule has 0 aliphatic carbocycles. The molecule has 6 nitrogen and oxygen atoms in total. The molecule has 348 valence electrons. The van der Waals surface area contributed by atoms with Crippen molar-refractivity contribution in [2.75, 3.05) is 9.80 Å². The van der Waals surface area contributed by atoms with Crippen LogP contribution < -0.4 is 19.3 Å². The maximum atomic E-state index is 6.97. The normalized spacial score (nSPS) is 13.2. The van der Waals surface area contributed by atoms with Crippen LogP contribution in [-0.4, -0.2) is 9.55 Å². The van der Waals surface area contributed by atoms with Crippen molar-refractivity contribution in [2.45, 2.75) is 118 Å². The molecule has 3 heterocycles. The second-order valence-electron chi connectivity index (χ2n) is 21.6. The van der Waals surface area contributed by atoms with E-state index in [1.54, 1.807) is 0 Å². The molecule has 0 bridgehead atoms. The van der Waals surface area contributed by atoms with Crippen LogP contribution >= 0.6 is 0 Å². The molecular weight excluding hydrogens is 1000 g/mol. The zero-order valence-corrected chi connectivity index (χ0v) is 43.6. The van der Waals surface area contributed by atoms with Crippen molar-refractivity contribution < 1.29 is 30.5 Å². The summed E-state index contributed by atoms with van der Waals surface area (Å²) in [4.78, 5) is 9.43. The number of pyridine rings is 1. The number of hydrogen-bond donors (Lipinski definition) is 0. The topological polar surface area (TPSA) is 42.8 Å². The molecule has 7 heteroatoms. The Kier molecular flexibility index (Phi) is 12.8. The molecule has 1 aliphatic heterocycles. The van der Waals surface area contributed by atoms with Gasteiger partial charge in [0.1, 0.15) is 17.3 Å². The molecule has 0 saturated carbocycles. The van der Waals surface area contributed by atoms with Crippen molar-refractivity contribution in [1.29, 1.82) is 0 Å². The number of benzene rings is 6. The molecular formula is C60H63N4O2Pt-3. The molecule has 67 heavy (non-hydrogen) atoms. The third-order valence-corrected chi connectivity index (χ3v) is 12.8. The molecule has 0 fully saturated rings. The number of anilines is 4. The van der Waals surface area contributed by atoms with E-state index in [4.69, 9.17) is 14.5 Å². The van der Waals surface area contributed by atoms with Gasteiger partial charge in [0, 0.05) is 73.0 Å². The van der Waals surface area contributed by atoms with Crippen LogP contribution in [0.25, 0.3) is 27.6 Å². The Balaban J connectivity index is 0.00000608. The molecule has 2 aromatic heterocycles. The molecule has 9 rings (SSSR count). The van der Waals surface area contributed by atoms with Gasteiger partial charge in [-0.2, -0.15) is 12.1 Å². The second-order valence-corrected chi connectivity index (χ2v) is 21.6. The summed E-state index contributed by atoms with van der Waals surface area (Å²) >= 11 is 0. The fourth-order valence-electron chi connectivity index (χ4n) is 8.86. The first kappa shape index (κ1) is 47.6. The molecule has 0 radical (unpaired) electrons. The van der Waals surface area contributed by atoms with Crippen molar-refractivity contribution in [3.05, 3.63) is 174 Å². The molecule has 0 atom stereocenters. The average Bonchev–Trinajstić information content (AvgIpc) is 3.81. The van der Waals surface area contributed by atoms with Crippen molar-refractivity contribution in [2.24, 2.45) is 0 Å². The van der Waals surface area contributed by atoms with Crippen LogP contribution in [0, 0.1) is 18.8 Å². The van der Waals surface area contributed by atoms with Gasteiger partial charge in [0.05, 0.1) is 0 Å². The van der Waals surface area contributed by atoms with E-state index in [1.807, 2.05) is 36.5 Å². The number of aromatic nitrogens is 2. The van der Waals surface area contributed by atoms with Crippen LogP contribution in [0.1, 0.15) is 130 Å². The van der Waals surface area contributed by atoms with Crippen LogP contribution in [0.15, 0.2) is 128 Å². The predicted octanol–water partition coefficient (Wildman–Crippen LogP) is 16.9. The minimum absolute atomic E-state index is 0. The van der Waals surface area contributed by atoms with Crippen molar-refractivity contribution in [1.82, 2.24) is 9.55 Å². The van der Waals surface area contributed by atoms with Gasteiger partial charge in [0.15, 0.2) is 0 Å². The van der Waals surface area contributed by atoms with Gasteiger partial charge in [0.25, 0.3) is 0 Å². The van der Waals surface area contributed by atoms with Crippen LogP contribution in [0.4, 0.5) is 22.7 Å². The van der Waals surface area contributed by atoms with Gasteiger partial charge in [-0.3, -0.25) is 0 Å². The summed E-state index contributed by atoms with van der Waals surface area (Å²) in [7, 11) is 0. The summed E-state index contributed by atoms with van der Waals surface area (Å²) in [5.41, 5.74) is 12.3. The van der Waals surface area contributed by atoms with Crippen molar-refractivity contribution >= 4 is 44.6 Å². The third-order valence-electron chi connectivity index (χ3n) is 12.8. The Hall–Kier alpha value is -5.84. The van der Waals surface area contributed by atoms with Gasteiger partial charge < -0.3 is 23.8 Å². The summed E-state index contributed by atoms with van der Waals surface area (Å²) in [6.45, 7) is 31.6. The van der Waals surface area contributed by atoms with E-state index < -0.39 is 0 Å². The molecule has 0 unspecified atom stereocenters. The fourth-order valence-corrected chi connectivity index (χ4v) is 8.86. The van der Waals surface area contributed by atoms with E-state index >= 15 is 0 Å². The molecule has 0 saturated heterocycles. The number of nitrogens with zero attached hydrogens (tertiary/aromatic N) is 4. The predicted molar refractivity (Wildman–Crippen MR) is 275 cm³/mol. The molecule has 8 aromatic rings. The first-order valence-corrected chi connectivity index (χ1v) is 23.4. The van der Waals surface area contributed by atoms with Crippen molar-refractivity contribution in [3.8, 4) is 28.8 Å². The monoisotopic (exact) mass is 1070 g/mol. The minimum Gasteiger partial charge on any atom is -0.509 e. The summed E-state index contributed by atoms with van der Waals surface area (Å²) in [6, 6.07) is 50.0. The summed E-state index contributed by atoms with van der Waals surface area (Å²) in [5.74, 6) is 4.24. The maximum absolute atomic E-state index is 6.97. The van der Waals surface area contributed by atoms with E-state index in [-0.39, 0.29) is 43.2 Å². The Morgan fingerprint density at radius 1 is 0.582 bits per heavy atom. The molecule has 1 aliphatic rings. The number of ether oxygens (including phenoxy) is 2. The maximum Gasteiger partial charge on any atom is 0.139 e. The first-order chi connectivity index (χ1) is 31.2. The Bertz CT molecular complexity index is 3070. The van der Waals surface area contributed by atoms with Crippen LogP contribution in [0.2, 0.25) is 0 Å². The molecule has 6 aromatic carbocycles. The molecule has 0 N–H and O–H groups in total. The standard InChI is InChI=1S/C60H63N4O2.Pt/c1-38(2)40-29-50(39(3)4)57(51(30-40)60(11,12)13)66-47-27-28-61-56(36-47)64-52-22-15-14-21-48(52)49-26-25-46(35-55(49)64)65-45-20-18-19-43(34-45)62-37-63(54-24-17-16-23-53(54)62)44-32-41(58(5,6)7)31-42(33-44)59(8,9)10;/h14-33,36-39H,1-13H3;/q-3;. The second kappa shape index (κ2) is 18.0. The van der Waals surface area contributed by atoms with Gasteiger partial charge in [-0.1, -0.05) is 144 Å². The quantitative estimate of drug-likeness (QED) is 0.135. The van der Waals surface area contributed by atoms with Gasteiger partial charge in [-0.05, 0) is 92.1 Å². The molecule has 0 amide bonds. The summed E-state index contributed by atoms with van der Waals surface area (Å²) in [6.07, 6.45) is 1.83. The van der Waals surface area contributed by atoms with Crippen LogP contribution in [0.5, 0.6) is 23.0 Å². The van der Waals surface area contributed by atoms with Crippen molar-refractivity contribution in [3.63, 3.8) is 0 Å². The Morgan fingerprint density at radius 2 is 1.24 bits per heavy atom.